The zero-order chi connectivity index (χ0) is 22.5. The normalized spacial score (nSPS) is 14.6. The molecule has 1 aromatic carbocycles. The number of aromatic nitrogens is 3. The number of piperidine rings is 1. The predicted molar refractivity (Wildman–Crippen MR) is 120 cm³/mol. The molecule has 0 bridgehead atoms. The van der Waals surface area contributed by atoms with Gasteiger partial charge in [0.2, 0.25) is 0 Å². The van der Waals surface area contributed by atoms with Gasteiger partial charge in [0, 0.05) is 24.2 Å². The number of nitriles is 1. The molecule has 1 aliphatic rings. The molecule has 2 aromatic heterocycles. The molecule has 4 rings (SSSR count). The van der Waals surface area contributed by atoms with Gasteiger partial charge in [-0.15, -0.1) is 0 Å². The van der Waals surface area contributed by atoms with Gasteiger partial charge >= 0.3 is 5.97 Å². The maximum Gasteiger partial charge on any atom is 0.335 e. The topological polar surface area (TPSA) is 115 Å². The minimum atomic E-state index is -0.901. The van der Waals surface area contributed by atoms with E-state index in [4.69, 9.17) is 10.4 Å². The molecule has 32 heavy (non-hydrogen) atoms. The van der Waals surface area contributed by atoms with Crippen LogP contribution < -0.4 is 5.32 Å². The van der Waals surface area contributed by atoms with Crippen molar-refractivity contribution in [1.82, 2.24) is 19.9 Å². The summed E-state index contributed by atoms with van der Waals surface area (Å²) in [5, 5.41) is 21.2. The minimum absolute atomic E-state index is 0.313. The van der Waals surface area contributed by atoms with E-state index in [0.29, 0.717) is 23.0 Å². The number of carboxylic acids is 1. The van der Waals surface area contributed by atoms with Crippen LogP contribution in [0.15, 0.2) is 48.7 Å². The quantitative estimate of drug-likeness (QED) is 0.608. The van der Waals surface area contributed by atoms with Crippen LogP contribution >= 0.6 is 0 Å². The van der Waals surface area contributed by atoms with E-state index < -0.39 is 5.97 Å². The second-order valence-electron chi connectivity index (χ2n) is 7.95. The van der Waals surface area contributed by atoms with E-state index in [9.17, 15) is 4.79 Å². The molecule has 2 N–H and O–H groups in total. The monoisotopic (exact) mass is 428 g/mol. The Morgan fingerprint density at radius 3 is 2.56 bits per heavy atom. The first-order chi connectivity index (χ1) is 15.5. The highest BCUT2D eigenvalue weighted by molar-refractivity contribution is 5.87. The van der Waals surface area contributed by atoms with Crippen LogP contribution in [0.2, 0.25) is 0 Å². The average molecular weight is 428 g/mol. The lowest BCUT2D eigenvalue weighted by Gasteiger charge is -2.32. The molecule has 8 nitrogen and oxygen atoms in total. The van der Waals surface area contributed by atoms with Crippen molar-refractivity contribution in [2.75, 3.05) is 18.4 Å². The van der Waals surface area contributed by atoms with Crippen molar-refractivity contribution in [1.29, 1.82) is 5.26 Å². The largest absolute Gasteiger partial charge is 0.478 e. The van der Waals surface area contributed by atoms with Gasteiger partial charge in [0.25, 0.3) is 0 Å². The predicted octanol–water partition coefficient (Wildman–Crippen LogP) is 3.87. The van der Waals surface area contributed by atoms with E-state index in [0.717, 1.165) is 55.2 Å². The fourth-order valence-electron chi connectivity index (χ4n) is 3.94. The molecule has 3 heterocycles. The third-order valence-corrected chi connectivity index (χ3v) is 5.62. The second-order valence-corrected chi connectivity index (χ2v) is 7.95. The van der Waals surface area contributed by atoms with E-state index in [-0.39, 0.29) is 0 Å². The summed E-state index contributed by atoms with van der Waals surface area (Å²) in [7, 11) is 0. The van der Waals surface area contributed by atoms with Gasteiger partial charge in [-0.05, 0) is 62.7 Å². The van der Waals surface area contributed by atoms with Crippen LogP contribution in [0, 0.1) is 18.3 Å². The van der Waals surface area contributed by atoms with Crippen molar-refractivity contribution in [3.05, 3.63) is 77.0 Å². The molecule has 162 valence electrons. The smallest absolute Gasteiger partial charge is 0.335 e. The Morgan fingerprint density at radius 2 is 1.94 bits per heavy atom. The number of aromatic carboxylic acids is 1. The van der Waals surface area contributed by atoms with E-state index in [1.165, 1.54) is 0 Å². The number of aryl methyl sites for hydroxylation is 1. The number of carboxylic acid groups (broad SMARTS) is 1. The summed E-state index contributed by atoms with van der Waals surface area (Å²) in [6.45, 7) is 4.61. The van der Waals surface area contributed by atoms with E-state index in [2.05, 4.69) is 25.2 Å². The molecular weight excluding hydrogens is 404 g/mol. The number of benzene rings is 1. The van der Waals surface area contributed by atoms with Gasteiger partial charge in [-0.1, -0.05) is 12.1 Å². The highest BCUT2D eigenvalue weighted by Crippen LogP contribution is 2.29. The van der Waals surface area contributed by atoms with Crippen molar-refractivity contribution in [3.63, 3.8) is 0 Å². The minimum Gasteiger partial charge on any atom is -0.478 e. The molecule has 0 atom stereocenters. The van der Waals surface area contributed by atoms with E-state index in [1.807, 2.05) is 37.3 Å². The second kappa shape index (κ2) is 9.54. The number of hydrogen-bond donors (Lipinski definition) is 2. The molecular formula is C24H24N6O2. The van der Waals surface area contributed by atoms with Gasteiger partial charge in [0.15, 0.2) is 0 Å². The molecule has 0 amide bonds. The molecule has 0 radical (unpaired) electrons. The molecule has 0 unspecified atom stereocenters. The number of nitrogens with zero attached hydrogens (tertiary/aromatic N) is 5. The van der Waals surface area contributed by atoms with Crippen LogP contribution in [-0.4, -0.2) is 44.0 Å². The molecule has 1 aliphatic heterocycles. The van der Waals surface area contributed by atoms with Crippen LogP contribution in [-0.2, 0) is 6.54 Å². The standard InChI is InChI=1S/C24H24N6O2/c1-16-27-22(12-23(28-16)29-21-7-6-20(13-25)26-14-21)18-8-10-30(11-9-18)15-17-2-4-19(5-3-17)24(31)32/h2-7,12,14,18H,8-11,15H2,1H3,(H,31,32)(H,27,28,29). The highest BCUT2D eigenvalue weighted by Gasteiger charge is 2.22. The maximum absolute atomic E-state index is 11.0. The zero-order valence-corrected chi connectivity index (χ0v) is 17.8. The third kappa shape index (κ3) is 5.25. The number of anilines is 2. The Kier molecular flexibility index (Phi) is 6.38. The number of nitrogens with one attached hydrogen (secondary N) is 1. The third-order valence-electron chi connectivity index (χ3n) is 5.62. The SMILES string of the molecule is Cc1nc(Nc2ccc(C#N)nc2)cc(C2CCN(Cc3ccc(C(=O)O)cc3)CC2)n1. The summed E-state index contributed by atoms with van der Waals surface area (Å²) >= 11 is 0. The Balaban J connectivity index is 1.37. The molecule has 1 fully saturated rings. The Hall–Kier alpha value is -3.83. The van der Waals surface area contributed by atoms with E-state index >= 15 is 0 Å². The lowest BCUT2D eigenvalue weighted by molar-refractivity contribution is 0.0697. The molecule has 1 saturated heterocycles. The fourth-order valence-corrected chi connectivity index (χ4v) is 3.94. The van der Waals surface area contributed by atoms with Gasteiger partial charge < -0.3 is 10.4 Å². The summed E-state index contributed by atoms with van der Waals surface area (Å²) in [6, 6.07) is 14.6. The van der Waals surface area contributed by atoms with Crippen LogP contribution in [0.4, 0.5) is 11.5 Å². The van der Waals surface area contributed by atoms with Crippen molar-refractivity contribution in [2.24, 2.45) is 0 Å². The van der Waals surface area contributed by atoms with Gasteiger partial charge in [0.05, 0.1) is 17.4 Å². The van der Waals surface area contributed by atoms with Crippen molar-refractivity contribution < 1.29 is 9.90 Å². The first-order valence-corrected chi connectivity index (χ1v) is 10.5. The van der Waals surface area contributed by atoms with Crippen molar-refractivity contribution in [2.45, 2.75) is 32.2 Å². The number of rotatable bonds is 6. The van der Waals surface area contributed by atoms with Gasteiger partial charge in [-0.25, -0.2) is 19.7 Å². The lowest BCUT2D eigenvalue weighted by atomic mass is 9.93. The summed E-state index contributed by atoms with van der Waals surface area (Å²) < 4.78 is 0. The van der Waals surface area contributed by atoms with Gasteiger partial charge in [0.1, 0.15) is 23.4 Å². The first kappa shape index (κ1) is 21.4. The Labute approximate surface area is 186 Å². The number of likely N-dealkylation sites (tertiary alicyclic amines) is 1. The summed E-state index contributed by atoms with van der Waals surface area (Å²) in [4.78, 5) is 26.7. The summed E-state index contributed by atoms with van der Waals surface area (Å²) in [6.07, 6.45) is 3.63. The van der Waals surface area contributed by atoms with Crippen LogP contribution in [0.5, 0.6) is 0 Å². The number of hydrogen-bond acceptors (Lipinski definition) is 7. The summed E-state index contributed by atoms with van der Waals surface area (Å²) in [5.74, 6) is 0.899. The maximum atomic E-state index is 11.0. The summed E-state index contributed by atoms with van der Waals surface area (Å²) in [5.41, 5.74) is 3.62. The lowest BCUT2D eigenvalue weighted by Crippen LogP contribution is -2.32. The van der Waals surface area contributed by atoms with Crippen molar-refractivity contribution in [3.8, 4) is 6.07 Å². The molecule has 0 spiro atoms. The van der Waals surface area contributed by atoms with Crippen LogP contribution in [0.25, 0.3) is 0 Å². The highest BCUT2D eigenvalue weighted by atomic mass is 16.4. The molecule has 8 heteroatoms. The molecule has 0 saturated carbocycles. The molecule has 3 aromatic rings. The van der Waals surface area contributed by atoms with Crippen LogP contribution in [0.3, 0.4) is 0 Å². The zero-order valence-electron chi connectivity index (χ0n) is 17.8. The average Bonchev–Trinajstić information content (AvgIpc) is 2.80. The van der Waals surface area contributed by atoms with Gasteiger partial charge in [-0.3, -0.25) is 4.90 Å². The number of pyridine rings is 1. The van der Waals surface area contributed by atoms with Crippen LogP contribution in [0.1, 0.15) is 51.9 Å². The molecule has 0 aliphatic carbocycles. The van der Waals surface area contributed by atoms with Gasteiger partial charge in [-0.2, -0.15) is 5.26 Å². The Bertz CT molecular complexity index is 1130. The number of carbonyl (C=O) groups is 1. The van der Waals surface area contributed by atoms with E-state index in [1.54, 1.807) is 24.4 Å². The first-order valence-electron chi connectivity index (χ1n) is 10.5. The van der Waals surface area contributed by atoms with Crippen molar-refractivity contribution >= 4 is 17.5 Å². The Morgan fingerprint density at radius 1 is 1.19 bits per heavy atom. The fraction of sp³-hybridized carbons (Fsp3) is 0.292.